The number of aryl methyl sites for hydroxylation is 2. The number of ether oxygens (including phenoxy) is 1. The molecule has 0 aliphatic rings. The van der Waals surface area contributed by atoms with Crippen molar-refractivity contribution in [3.05, 3.63) is 64.7 Å². The second kappa shape index (κ2) is 16.4. The van der Waals surface area contributed by atoms with Crippen molar-refractivity contribution >= 4 is 29.5 Å². The maximum absolute atomic E-state index is 14.3. The lowest BCUT2D eigenvalue weighted by Crippen LogP contribution is -2.53. The fourth-order valence-electron chi connectivity index (χ4n) is 4.74. The zero-order valence-corrected chi connectivity index (χ0v) is 26.3. The van der Waals surface area contributed by atoms with E-state index in [1.165, 1.54) is 4.90 Å². The predicted molar refractivity (Wildman–Crippen MR) is 169 cm³/mol. The third-order valence-electron chi connectivity index (χ3n) is 6.86. The van der Waals surface area contributed by atoms with E-state index in [-0.39, 0.29) is 6.54 Å². The van der Waals surface area contributed by atoms with Gasteiger partial charge in [-0.3, -0.25) is 14.4 Å². The number of nitrogens with one attached hydrogen (secondary N) is 2. The van der Waals surface area contributed by atoms with Gasteiger partial charge in [-0.05, 0) is 69.9 Å². The van der Waals surface area contributed by atoms with Gasteiger partial charge in [0.25, 0.3) is 5.91 Å². The number of terminal acetylenes is 1. The minimum atomic E-state index is -1.34. The van der Waals surface area contributed by atoms with E-state index in [1.54, 1.807) is 45.0 Å². The summed E-state index contributed by atoms with van der Waals surface area (Å²) in [5.41, 5.74) is 8.19. The van der Waals surface area contributed by atoms with Gasteiger partial charge < -0.3 is 26.0 Å². The molecule has 0 spiro atoms. The molecule has 0 aliphatic carbocycles. The third kappa shape index (κ3) is 11.1. The first-order chi connectivity index (χ1) is 20.3. The number of primary amides is 1. The van der Waals surface area contributed by atoms with Crippen LogP contribution in [0.3, 0.4) is 0 Å². The molecule has 2 rings (SSSR count). The summed E-state index contributed by atoms with van der Waals surface area (Å²) in [6.45, 7) is 11.2. The van der Waals surface area contributed by atoms with E-state index >= 15 is 0 Å². The van der Waals surface area contributed by atoms with Gasteiger partial charge in [-0.25, -0.2) is 4.79 Å². The van der Waals surface area contributed by atoms with Crippen LogP contribution in [-0.2, 0) is 19.1 Å². The van der Waals surface area contributed by atoms with Crippen LogP contribution in [0.25, 0.3) is 0 Å². The summed E-state index contributed by atoms with van der Waals surface area (Å²) in [4.78, 5) is 54.6. The standard InChI is InChI=1S/C34H46N4O5/c1-8-10-11-12-13-21-38(32(41)27(22-28(35)39)36-33(42)43-34(5,6)7)30(26-19-17-25(9-2)18-20-26)31(40)37-29-23(3)15-14-16-24(29)4/h2,14-20,27,30H,8,10-13,21-22H2,1,3-7H3,(H2,35,39)(H,36,42)(H,37,40). The molecule has 0 saturated carbocycles. The van der Waals surface area contributed by atoms with Gasteiger partial charge >= 0.3 is 6.09 Å². The molecule has 0 saturated heterocycles. The molecule has 0 fully saturated rings. The minimum absolute atomic E-state index is 0.204. The zero-order chi connectivity index (χ0) is 32.2. The van der Waals surface area contributed by atoms with Gasteiger partial charge in [0.15, 0.2) is 0 Å². The number of para-hydroxylation sites is 1. The number of anilines is 1. The highest BCUT2D eigenvalue weighted by Gasteiger charge is 2.37. The Hall–Kier alpha value is -4.32. The molecule has 0 aliphatic heterocycles. The summed E-state index contributed by atoms with van der Waals surface area (Å²) in [6.07, 6.45) is 8.73. The van der Waals surface area contributed by atoms with Crippen molar-refractivity contribution in [1.29, 1.82) is 0 Å². The molecule has 0 bridgehead atoms. The Labute approximate surface area is 255 Å². The topological polar surface area (TPSA) is 131 Å². The quantitative estimate of drug-likeness (QED) is 0.197. The summed E-state index contributed by atoms with van der Waals surface area (Å²) in [5.74, 6) is 0.720. The molecule has 2 aromatic rings. The van der Waals surface area contributed by atoms with Crippen molar-refractivity contribution < 1.29 is 23.9 Å². The molecular formula is C34H46N4O5. The van der Waals surface area contributed by atoms with Crippen LogP contribution in [0.2, 0.25) is 0 Å². The molecule has 4 amide bonds. The second-order valence-electron chi connectivity index (χ2n) is 11.7. The number of hydrogen-bond donors (Lipinski definition) is 3. The van der Waals surface area contributed by atoms with Gasteiger partial charge in [-0.15, -0.1) is 6.42 Å². The first-order valence-corrected chi connectivity index (χ1v) is 14.8. The molecule has 9 heteroatoms. The Kier molecular flexibility index (Phi) is 13.3. The van der Waals surface area contributed by atoms with Gasteiger partial charge in [-0.2, -0.15) is 0 Å². The first kappa shape index (κ1) is 34.9. The minimum Gasteiger partial charge on any atom is -0.444 e. The van der Waals surface area contributed by atoms with Crippen LogP contribution in [0.4, 0.5) is 10.5 Å². The van der Waals surface area contributed by atoms with Crippen molar-refractivity contribution in [1.82, 2.24) is 10.2 Å². The number of hydrogen-bond acceptors (Lipinski definition) is 5. The highest BCUT2D eigenvalue weighted by molar-refractivity contribution is 6.00. The lowest BCUT2D eigenvalue weighted by molar-refractivity contribution is -0.142. The van der Waals surface area contributed by atoms with Crippen molar-refractivity contribution in [3.63, 3.8) is 0 Å². The summed E-state index contributed by atoms with van der Waals surface area (Å²) in [5, 5.41) is 5.54. The van der Waals surface area contributed by atoms with Crippen LogP contribution < -0.4 is 16.4 Å². The van der Waals surface area contributed by atoms with Crippen molar-refractivity contribution in [2.24, 2.45) is 5.73 Å². The molecule has 9 nitrogen and oxygen atoms in total. The van der Waals surface area contributed by atoms with Crippen molar-refractivity contribution in [3.8, 4) is 12.3 Å². The normalized spacial score (nSPS) is 12.4. The lowest BCUT2D eigenvalue weighted by atomic mass is 9.99. The Morgan fingerprint density at radius 2 is 1.58 bits per heavy atom. The van der Waals surface area contributed by atoms with Gasteiger partial charge in [0.05, 0.1) is 6.42 Å². The van der Waals surface area contributed by atoms with Crippen LogP contribution in [0.5, 0.6) is 0 Å². The van der Waals surface area contributed by atoms with E-state index in [4.69, 9.17) is 16.9 Å². The van der Waals surface area contributed by atoms with E-state index in [2.05, 4.69) is 23.5 Å². The van der Waals surface area contributed by atoms with Crippen LogP contribution >= 0.6 is 0 Å². The van der Waals surface area contributed by atoms with Crippen molar-refractivity contribution in [2.75, 3.05) is 11.9 Å². The average Bonchev–Trinajstić information content (AvgIpc) is 2.92. The highest BCUT2D eigenvalue weighted by atomic mass is 16.6. The smallest absolute Gasteiger partial charge is 0.408 e. The maximum atomic E-state index is 14.3. The van der Waals surface area contributed by atoms with Crippen LogP contribution in [0.15, 0.2) is 42.5 Å². The van der Waals surface area contributed by atoms with Crippen LogP contribution in [-0.4, -0.2) is 46.9 Å². The molecule has 2 unspecified atom stereocenters. The number of rotatable bonds is 14. The number of nitrogens with zero attached hydrogens (tertiary/aromatic N) is 1. The summed E-state index contributed by atoms with van der Waals surface area (Å²) >= 11 is 0. The molecule has 4 N–H and O–H groups in total. The molecule has 2 atom stereocenters. The molecule has 2 aromatic carbocycles. The van der Waals surface area contributed by atoms with E-state index in [0.717, 1.165) is 36.8 Å². The zero-order valence-electron chi connectivity index (χ0n) is 26.3. The van der Waals surface area contributed by atoms with Crippen LogP contribution in [0.1, 0.15) is 94.5 Å². The van der Waals surface area contributed by atoms with E-state index < -0.39 is 47.9 Å². The molecule has 232 valence electrons. The number of unbranched alkanes of at least 4 members (excludes halogenated alkanes) is 4. The number of carbonyl (C=O) groups excluding carboxylic acids is 4. The number of amides is 4. The average molecular weight is 591 g/mol. The van der Waals surface area contributed by atoms with Crippen molar-refractivity contribution in [2.45, 2.75) is 97.8 Å². The number of nitrogens with two attached hydrogens (primary N) is 1. The fraction of sp³-hybridized carbons (Fsp3) is 0.471. The Morgan fingerprint density at radius 1 is 0.977 bits per heavy atom. The SMILES string of the molecule is C#Cc1ccc(C(C(=O)Nc2c(C)cccc2C)N(CCCCCCC)C(=O)C(CC(N)=O)NC(=O)OC(C)(C)C)cc1. The van der Waals surface area contributed by atoms with E-state index in [1.807, 2.05) is 32.0 Å². The molecule has 0 radical (unpaired) electrons. The fourth-order valence-corrected chi connectivity index (χ4v) is 4.74. The predicted octanol–water partition coefficient (Wildman–Crippen LogP) is 5.53. The number of carbonyl (C=O) groups is 4. The lowest BCUT2D eigenvalue weighted by Gasteiger charge is -2.34. The van der Waals surface area contributed by atoms with Gasteiger partial charge in [-0.1, -0.05) is 68.9 Å². The highest BCUT2D eigenvalue weighted by Crippen LogP contribution is 2.28. The second-order valence-corrected chi connectivity index (χ2v) is 11.7. The summed E-state index contributed by atoms with van der Waals surface area (Å²) in [6, 6.07) is 10.1. The third-order valence-corrected chi connectivity index (χ3v) is 6.86. The molecule has 0 aromatic heterocycles. The first-order valence-electron chi connectivity index (χ1n) is 14.8. The number of benzene rings is 2. The van der Waals surface area contributed by atoms with Gasteiger partial charge in [0.1, 0.15) is 17.7 Å². The maximum Gasteiger partial charge on any atom is 0.408 e. The Balaban J connectivity index is 2.60. The monoisotopic (exact) mass is 590 g/mol. The molecular weight excluding hydrogens is 544 g/mol. The number of alkyl carbamates (subject to hydrolysis) is 1. The Morgan fingerprint density at radius 3 is 2.12 bits per heavy atom. The van der Waals surface area contributed by atoms with Crippen LogP contribution in [0, 0.1) is 26.2 Å². The largest absolute Gasteiger partial charge is 0.444 e. The molecule has 0 heterocycles. The van der Waals surface area contributed by atoms with Gasteiger partial charge in [0, 0.05) is 17.8 Å². The molecule has 43 heavy (non-hydrogen) atoms. The summed E-state index contributed by atoms with van der Waals surface area (Å²) < 4.78 is 5.36. The summed E-state index contributed by atoms with van der Waals surface area (Å²) in [7, 11) is 0. The van der Waals surface area contributed by atoms with E-state index in [9.17, 15) is 19.2 Å². The van der Waals surface area contributed by atoms with Gasteiger partial charge in [0.2, 0.25) is 11.8 Å². The Bertz CT molecular complexity index is 1290. The van der Waals surface area contributed by atoms with E-state index in [0.29, 0.717) is 23.2 Å².